The van der Waals surface area contributed by atoms with Crippen LogP contribution in [0.25, 0.3) is 22.0 Å². The van der Waals surface area contributed by atoms with Crippen molar-refractivity contribution in [2.75, 3.05) is 0 Å². The summed E-state index contributed by atoms with van der Waals surface area (Å²) in [6.45, 7) is 0. The van der Waals surface area contributed by atoms with Gasteiger partial charge in [-0.25, -0.2) is 4.79 Å². The van der Waals surface area contributed by atoms with E-state index in [-0.39, 0.29) is 5.69 Å². The summed E-state index contributed by atoms with van der Waals surface area (Å²) >= 11 is 3.51. The molecule has 5 heteroatoms. The highest BCUT2D eigenvalue weighted by Crippen LogP contribution is 2.32. The Bertz CT molecular complexity index is 780. The molecule has 0 spiro atoms. The van der Waals surface area contributed by atoms with E-state index in [0.29, 0.717) is 5.69 Å². The largest absolute Gasteiger partial charge is 0.477 e. The Hall–Kier alpha value is -2.14. The van der Waals surface area contributed by atoms with Gasteiger partial charge in [-0.2, -0.15) is 5.10 Å². The molecule has 94 valence electrons. The second-order valence-electron chi connectivity index (χ2n) is 4.11. The molecule has 0 amide bonds. The number of carboxylic acids is 1. The van der Waals surface area contributed by atoms with Gasteiger partial charge >= 0.3 is 5.97 Å². The maximum absolute atomic E-state index is 10.9. The van der Waals surface area contributed by atoms with Crippen LogP contribution < -0.4 is 0 Å². The smallest absolute Gasteiger partial charge is 0.353 e. The predicted octanol–water partition coefficient (Wildman–Crippen LogP) is 3.69. The van der Waals surface area contributed by atoms with Crippen molar-refractivity contribution in [2.24, 2.45) is 0 Å². The van der Waals surface area contributed by atoms with Crippen LogP contribution in [0.1, 0.15) is 10.5 Å². The SMILES string of the molecule is O=C(O)c1cc(-c2ccc(Br)c3ccccc23)n[nH]1. The Kier molecular flexibility index (Phi) is 2.83. The second-order valence-corrected chi connectivity index (χ2v) is 4.97. The van der Waals surface area contributed by atoms with Crippen molar-refractivity contribution in [3.63, 3.8) is 0 Å². The van der Waals surface area contributed by atoms with Crippen LogP contribution in [-0.4, -0.2) is 21.3 Å². The van der Waals surface area contributed by atoms with Gasteiger partial charge < -0.3 is 5.11 Å². The molecule has 19 heavy (non-hydrogen) atoms. The van der Waals surface area contributed by atoms with E-state index in [0.717, 1.165) is 20.8 Å². The first kappa shape index (κ1) is 11.9. The zero-order valence-electron chi connectivity index (χ0n) is 9.72. The number of hydrogen-bond acceptors (Lipinski definition) is 2. The molecule has 0 bridgehead atoms. The van der Waals surface area contributed by atoms with Gasteiger partial charge in [0.1, 0.15) is 5.69 Å². The van der Waals surface area contributed by atoms with Crippen molar-refractivity contribution in [1.29, 1.82) is 0 Å². The molecule has 1 aromatic heterocycles. The average Bonchev–Trinajstić information content (AvgIpc) is 2.89. The summed E-state index contributed by atoms with van der Waals surface area (Å²) < 4.78 is 1.00. The summed E-state index contributed by atoms with van der Waals surface area (Å²) in [5.41, 5.74) is 1.62. The summed E-state index contributed by atoms with van der Waals surface area (Å²) in [5.74, 6) is -1.01. The normalized spacial score (nSPS) is 10.8. The van der Waals surface area contributed by atoms with E-state index in [1.54, 1.807) is 0 Å². The van der Waals surface area contributed by atoms with Crippen molar-refractivity contribution in [2.45, 2.75) is 0 Å². The van der Waals surface area contributed by atoms with Crippen LogP contribution in [0.15, 0.2) is 46.9 Å². The Balaban J connectivity index is 2.24. The number of nitrogens with one attached hydrogen (secondary N) is 1. The molecule has 1 heterocycles. The maximum Gasteiger partial charge on any atom is 0.353 e. The number of carboxylic acid groups (broad SMARTS) is 1. The first-order valence-electron chi connectivity index (χ1n) is 5.63. The third-order valence-corrected chi connectivity index (χ3v) is 3.65. The molecule has 0 saturated heterocycles. The van der Waals surface area contributed by atoms with Crippen LogP contribution in [0.4, 0.5) is 0 Å². The number of hydrogen-bond donors (Lipinski definition) is 2. The summed E-state index contributed by atoms with van der Waals surface area (Å²) in [5, 5.41) is 17.6. The molecule has 0 radical (unpaired) electrons. The zero-order valence-corrected chi connectivity index (χ0v) is 11.3. The quantitative estimate of drug-likeness (QED) is 0.757. The van der Waals surface area contributed by atoms with Crippen LogP contribution in [-0.2, 0) is 0 Å². The minimum atomic E-state index is -1.01. The fourth-order valence-electron chi connectivity index (χ4n) is 2.05. The van der Waals surface area contributed by atoms with E-state index in [1.807, 2.05) is 36.4 Å². The highest BCUT2D eigenvalue weighted by atomic mass is 79.9. The lowest BCUT2D eigenvalue weighted by Crippen LogP contribution is -1.95. The molecule has 2 aromatic carbocycles. The lowest BCUT2D eigenvalue weighted by Gasteiger charge is -2.05. The lowest BCUT2D eigenvalue weighted by atomic mass is 10.0. The van der Waals surface area contributed by atoms with E-state index in [1.165, 1.54) is 6.07 Å². The van der Waals surface area contributed by atoms with E-state index in [2.05, 4.69) is 26.1 Å². The predicted molar refractivity (Wildman–Crippen MR) is 76.2 cm³/mol. The van der Waals surface area contributed by atoms with E-state index in [9.17, 15) is 4.79 Å². The summed E-state index contributed by atoms with van der Waals surface area (Å²) in [7, 11) is 0. The third-order valence-electron chi connectivity index (χ3n) is 2.96. The Morgan fingerprint density at radius 3 is 2.58 bits per heavy atom. The summed E-state index contributed by atoms with van der Waals surface area (Å²) in [4.78, 5) is 10.9. The number of benzene rings is 2. The van der Waals surface area contributed by atoms with Gasteiger partial charge in [0.05, 0.1) is 5.69 Å². The minimum absolute atomic E-state index is 0.0852. The van der Waals surface area contributed by atoms with Crippen LogP contribution in [0.3, 0.4) is 0 Å². The van der Waals surface area contributed by atoms with E-state index >= 15 is 0 Å². The number of rotatable bonds is 2. The number of aromatic amines is 1. The molecular weight excluding hydrogens is 308 g/mol. The Labute approximate surface area is 117 Å². The van der Waals surface area contributed by atoms with Crippen molar-refractivity contribution in [1.82, 2.24) is 10.2 Å². The van der Waals surface area contributed by atoms with E-state index in [4.69, 9.17) is 5.11 Å². The first-order valence-corrected chi connectivity index (χ1v) is 6.42. The number of carbonyl (C=O) groups is 1. The summed E-state index contributed by atoms with van der Waals surface area (Å²) in [6, 6.07) is 13.3. The Morgan fingerprint density at radius 1 is 1.16 bits per heavy atom. The molecule has 0 unspecified atom stereocenters. The maximum atomic E-state index is 10.9. The Morgan fingerprint density at radius 2 is 1.89 bits per heavy atom. The van der Waals surface area contributed by atoms with Gasteiger partial charge in [0.2, 0.25) is 0 Å². The van der Waals surface area contributed by atoms with Gasteiger partial charge in [0.15, 0.2) is 0 Å². The molecule has 4 nitrogen and oxygen atoms in total. The molecule has 0 aliphatic heterocycles. The monoisotopic (exact) mass is 316 g/mol. The standard InChI is InChI=1S/C14H9BrN2O2/c15-11-6-5-10(8-3-1-2-4-9(8)11)12-7-13(14(18)19)17-16-12/h1-7H,(H,16,17)(H,18,19). The molecule has 0 fully saturated rings. The number of halogens is 1. The minimum Gasteiger partial charge on any atom is -0.477 e. The van der Waals surface area contributed by atoms with Gasteiger partial charge in [0, 0.05) is 10.0 Å². The van der Waals surface area contributed by atoms with Crippen LogP contribution in [0.2, 0.25) is 0 Å². The fourth-order valence-corrected chi connectivity index (χ4v) is 2.53. The van der Waals surface area contributed by atoms with Crippen LogP contribution >= 0.6 is 15.9 Å². The zero-order chi connectivity index (χ0) is 13.4. The van der Waals surface area contributed by atoms with Gasteiger partial charge in [-0.15, -0.1) is 0 Å². The van der Waals surface area contributed by atoms with E-state index < -0.39 is 5.97 Å². The van der Waals surface area contributed by atoms with Crippen molar-refractivity contribution in [3.05, 3.63) is 52.6 Å². The fraction of sp³-hybridized carbons (Fsp3) is 0. The third kappa shape index (κ3) is 2.02. The van der Waals surface area contributed by atoms with Gasteiger partial charge in [0.25, 0.3) is 0 Å². The highest BCUT2D eigenvalue weighted by Gasteiger charge is 2.12. The first-order chi connectivity index (χ1) is 9.16. The lowest BCUT2D eigenvalue weighted by molar-refractivity contribution is 0.0690. The molecule has 3 rings (SSSR count). The highest BCUT2D eigenvalue weighted by molar-refractivity contribution is 9.10. The van der Waals surface area contributed by atoms with Crippen molar-refractivity contribution >= 4 is 32.7 Å². The number of fused-ring (bicyclic) bond motifs is 1. The molecule has 2 N–H and O–H groups in total. The molecule has 3 aromatic rings. The average molecular weight is 317 g/mol. The van der Waals surface area contributed by atoms with Crippen molar-refractivity contribution < 1.29 is 9.90 Å². The molecule has 0 atom stereocenters. The molecular formula is C14H9BrN2O2. The van der Waals surface area contributed by atoms with Crippen LogP contribution in [0.5, 0.6) is 0 Å². The number of aromatic carboxylic acids is 1. The number of aromatic nitrogens is 2. The van der Waals surface area contributed by atoms with Gasteiger partial charge in [-0.3, -0.25) is 5.10 Å². The molecule has 0 saturated carbocycles. The molecule has 0 aliphatic carbocycles. The number of nitrogens with zero attached hydrogens (tertiary/aromatic N) is 1. The van der Waals surface area contributed by atoms with Crippen LogP contribution in [0, 0.1) is 0 Å². The summed E-state index contributed by atoms with van der Waals surface area (Å²) in [6.07, 6.45) is 0. The van der Waals surface area contributed by atoms with Gasteiger partial charge in [-0.05, 0) is 22.9 Å². The van der Waals surface area contributed by atoms with Crippen molar-refractivity contribution in [3.8, 4) is 11.3 Å². The number of H-pyrrole nitrogens is 1. The van der Waals surface area contributed by atoms with Gasteiger partial charge in [-0.1, -0.05) is 46.3 Å². The second kappa shape index (κ2) is 4.51. The topological polar surface area (TPSA) is 66.0 Å². The molecule has 0 aliphatic rings.